The molecule has 0 radical (unpaired) electrons. The van der Waals surface area contributed by atoms with E-state index >= 15 is 0 Å². The molecule has 6 rings (SSSR count). The largest absolute Gasteiger partial charge is 0.748 e. The smallest absolute Gasteiger partial charge is 0.264 e. The SMILES string of the molecule is CCCCCC(C=C1N(CCCCS(=O)(=O)O)c2ccc3ccccc3c2C1(C)C)C(/C=C/C=C/C1=[N+](CCCCS(=O)(=O)[O-])c2ccc3ccccc3c2C1(C)C)CC. The zero-order valence-electron chi connectivity index (χ0n) is 36.4. The molecular formula is C50H64N2O6S2. The molecule has 0 aromatic heterocycles. The minimum Gasteiger partial charge on any atom is -0.748 e. The summed E-state index contributed by atoms with van der Waals surface area (Å²) >= 11 is 0. The van der Waals surface area contributed by atoms with Crippen LogP contribution in [0.25, 0.3) is 21.5 Å². The van der Waals surface area contributed by atoms with Crippen molar-refractivity contribution in [2.45, 2.75) is 110 Å². The number of benzene rings is 4. The Morgan fingerprint density at radius 2 is 1.38 bits per heavy atom. The minimum absolute atomic E-state index is 0.244. The van der Waals surface area contributed by atoms with Gasteiger partial charge >= 0.3 is 0 Å². The van der Waals surface area contributed by atoms with Crippen molar-refractivity contribution in [3.8, 4) is 0 Å². The average Bonchev–Trinajstić information content (AvgIpc) is 3.55. The van der Waals surface area contributed by atoms with Gasteiger partial charge in [-0.15, -0.1) is 0 Å². The maximum absolute atomic E-state index is 11.6. The second kappa shape index (κ2) is 18.9. The molecule has 0 saturated carbocycles. The van der Waals surface area contributed by atoms with Crippen molar-refractivity contribution in [3.63, 3.8) is 0 Å². The van der Waals surface area contributed by atoms with Gasteiger partial charge in [0.25, 0.3) is 10.1 Å². The number of hydrogen-bond donors (Lipinski definition) is 1. The van der Waals surface area contributed by atoms with E-state index < -0.39 is 20.2 Å². The monoisotopic (exact) mass is 852 g/mol. The Balaban J connectivity index is 1.34. The van der Waals surface area contributed by atoms with Crippen LogP contribution in [0, 0.1) is 11.8 Å². The highest BCUT2D eigenvalue weighted by molar-refractivity contribution is 7.85. The molecule has 10 heteroatoms. The number of nitrogens with zero attached hydrogens (tertiary/aromatic N) is 2. The molecule has 2 unspecified atom stereocenters. The molecule has 8 nitrogen and oxygen atoms in total. The Hall–Kier alpha value is -4.09. The van der Waals surface area contributed by atoms with Crippen LogP contribution in [0.1, 0.15) is 110 Å². The van der Waals surface area contributed by atoms with Crippen LogP contribution >= 0.6 is 0 Å². The summed E-state index contributed by atoms with van der Waals surface area (Å²) in [5, 5.41) is 4.82. The van der Waals surface area contributed by atoms with E-state index in [1.165, 1.54) is 44.1 Å². The summed E-state index contributed by atoms with van der Waals surface area (Å²) in [6.45, 7) is 14.9. The molecule has 0 aliphatic carbocycles. The van der Waals surface area contributed by atoms with Crippen LogP contribution < -0.4 is 4.90 Å². The van der Waals surface area contributed by atoms with Gasteiger partial charge in [-0.25, -0.2) is 8.42 Å². The number of rotatable bonds is 20. The standard InChI is InChI=1S/C50H64N2O6S2/c1-7-9-10-24-40(36-46-50(5,6)48-42-26-15-12-23-39(42)29-31-44(48)52(46)33-18-20-35-60(56,57)58)37(8-2)21-13-16-27-45-49(3,4)47-41-25-14-11-22-38(41)28-30-43(47)51(45)32-17-19-34-59(53,54)55/h11-16,21-23,25-31,36-37,40H,7-10,17-20,24,32-35H2,1-6H3,(H-,53,54,55,56,57,58)/b21-13+,27-16+,46-36?. The van der Waals surface area contributed by atoms with Crippen LogP contribution in [0.4, 0.5) is 11.4 Å². The van der Waals surface area contributed by atoms with Crippen molar-refractivity contribution in [1.82, 2.24) is 0 Å². The highest BCUT2D eigenvalue weighted by Crippen LogP contribution is 2.52. The van der Waals surface area contributed by atoms with E-state index in [9.17, 15) is 25.9 Å². The van der Waals surface area contributed by atoms with Gasteiger partial charge in [-0.3, -0.25) is 4.55 Å². The first kappa shape index (κ1) is 45.4. The summed E-state index contributed by atoms with van der Waals surface area (Å²) in [6, 6.07) is 25.7. The second-order valence-electron chi connectivity index (χ2n) is 17.8. The number of hydrogen-bond acceptors (Lipinski definition) is 6. The van der Waals surface area contributed by atoms with E-state index in [-0.39, 0.29) is 34.2 Å². The van der Waals surface area contributed by atoms with E-state index in [2.05, 4.69) is 154 Å². The first-order chi connectivity index (χ1) is 28.5. The molecule has 0 fully saturated rings. The van der Waals surface area contributed by atoms with Crippen molar-refractivity contribution in [2.75, 3.05) is 29.5 Å². The summed E-state index contributed by atoms with van der Waals surface area (Å²) in [5.41, 5.74) is 6.61. The Kier molecular flexibility index (Phi) is 14.3. The van der Waals surface area contributed by atoms with E-state index in [1.807, 2.05) is 0 Å². The quantitative estimate of drug-likeness (QED) is 0.0407. The molecule has 0 amide bonds. The van der Waals surface area contributed by atoms with Crippen LogP contribution in [-0.2, 0) is 31.1 Å². The van der Waals surface area contributed by atoms with Crippen LogP contribution in [-0.4, -0.2) is 60.8 Å². The molecule has 0 spiro atoms. The van der Waals surface area contributed by atoms with Gasteiger partial charge in [0.1, 0.15) is 6.54 Å². The Morgan fingerprint density at radius 3 is 2.03 bits per heavy atom. The molecular weight excluding hydrogens is 789 g/mol. The summed E-state index contributed by atoms with van der Waals surface area (Å²) in [6.07, 6.45) is 18.8. The zero-order chi connectivity index (χ0) is 43.3. The number of anilines is 1. The third-order valence-corrected chi connectivity index (χ3v) is 14.4. The molecule has 0 bridgehead atoms. The van der Waals surface area contributed by atoms with Gasteiger partial charge in [0, 0.05) is 53.2 Å². The normalized spacial score (nSPS) is 18.1. The Bertz CT molecular complexity index is 2530. The first-order valence-corrected chi connectivity index (χ1v) is 25.1. The fraction of sp³-hybridized carbons (Fsp3) is 0.460. The molecule has 322 valence electrons. The van der Waals surface area contributed by atoms with Crippen molar-refractivity contribution in [3.05, 3.63) is 120 Å². The summed E-state index contributed by atoms with van der Waals surface area (Å²) in [7, 11) is -8.31. The van der Waals surface area contributed by atoms with Gasteiger partial charge in [0.15, 0.2) is 5.71 Å². The second-order valence-corrected chi connectivity index (χ2v) is 20.9. The average molecular weight is 853 g/mol. The van der Waals surface area contributed by atoms with Crippen LogP contribution in [0.3, 0.4) is 0 Å². The number of unbranched alkanes of at least 4 members (excludes halogenated alkanes) is 4. The lowest BCUT2D eigenvalue weighted by atomic mass is 9.77. The first-order valence-electron chi connectivity index (χ1n) is 21.9. The zero-order valence-corrected chi connectivity index (χ0v) is 38.0. The summed E-state index contributed by atoms with van der Waals surface area (Å²) in [4.78, 5) is 2.41. The van der Waals surface area contributed by atoms with Crippen molar-refractivity contribution >= 4 is 58.9 Å². The predicted molar refractivity (Wildman–Crippen MR) is 248 cm³/mol. The third kappa shape index (κ3) is 10.2. The highest BCUT2D eigenvalue weighted by Gasteiger charge is 2.45. The van der Waals surface area contributed by atoms with Gasteiger partial charge in [-0.05, 0) is 97.0 Å². The molecule has 60 heavy (non-hydrogen) atoms. The Morgan fingerprint density at radius 1 is 0.733 bits per heavy atom. The molecule has 2 aliphatic heterocycles. The Labute approximate surface area is 359 Å². The van der Waals surface area contributed by atoms with E-state index in [4.69, 9.17) is 0 Å². The topological polar surface area (TPSA) is 118 Å². The van der Waals surface area contributed by atoms with Gasteiger partial charge < -0.3 is 9.45 Å². The van der Waals surface area contributed by atoms with E-state index in [0.29, 0.717) is 38.8 Å². The number of fused-ring (bicyclic) bond motifs is 6. The van der Waals surface area contributed by atoms with Crippen LogP contribution in [0.15, 0.2) is 109 Å². The lowest BCUT2D eigenvalue weighted by Gasteiger charge is -2.31. The third-order valence-electron chi connectivity index (χ3n) is 12.8. The van der Waals surface area contributed by atoms with Crippen LogP contribution in [0.2, 0.25) is 0 Å². The van der Waals surface area contributed by atoms with Gasteiger partial charge in [0.05, 0.1) is 21.3 Å². The molecule has 1 N–H and O–H groups in total. The lowest BCUT2D eigenvalue weighted by Crippen LogP contribution is -2.29. The van der Waals surface area contributed by atoms with Crippen molar-refractivity contribution < 1.29 is 30.5 Å². The fourth-order valence-corrected chi connectivity index (χ4v) is 11.0. The fourth-order valence-electron chi connectivity index (χ4n) is 9.84. The van der Waals surface area contributed by atoms with E-state index in [1.54, 1.807) is 0 Å². The molecule has 2 heterocycles. The van der Waals surface area contributed by atoms with Gasteiger partial charge in [-0.1, -0.05) is 126 Å². The molecule has 2 aliphatic rings. The molecule has 2 atom stereocenters. The maximum atomic E-state index is 11.6. The molecule has 4 aromatic carbocycles. The maximum Gasteiger partial charge on any atom is 0.264 e. The summed E-state index contributed by atoms with van der Waals surface area (Å²) in [5.74, 6) is -0.0693. The van der Waals surface area contributed by atoms with Gasteiger partial charge in [0.2, 0.25) is 5.69 Å². The van der Waals surface area contributed by atoms with Gasteiger partial charge in [-0.2, -0.15) is 13.0 Å². The highest BCUT2D eigenvalue weighted by atomic mass is 32.2. The number of allylic oxidation sites excluding steroid dienone is 6. The van der Waals surface area contributed by atoms with Crippen molar-refractivity contribution in [2.24, 2.45) is 11.8 Å². The minimum atomic E-state index is -4.27. The lowest BCUT2D eigenvalue weighted by molar-refractivity contribution is -0.438. The van der Waals surface area contributed by atoms with E-state index in [0.717, 1.165) is 43.5 Å². The molecule has 0 saturated heterocycles. The predicted octanol–water partition coefficient (Wildman–Crippen LogP) is 11.4. The van der Waals surface area contributed by atoms with Crippen LogP contribution in [0.5, 0.6) is 0 Å². The van der Waals surface area contributed by atoms with Crippen molar-refractivity contribution in [1.29, 1.82) is 0 Å². The molecule has 4 aromatic rings. The summed E-state index contributed by atoms with van der Waals surface area (Å²) < 4.78 is 69.3.